The van der Waals surface area contributed by atoms with E-state index in [1.54, 1.807) is 0 Å². The molecule has 0 atom stereocenters. The maximum Gasteiger partial charge on any atom is 0.0930 e. The third-order valence-corrected chi connectivity index (χ3v) is 23.5. The van der Waals surface area contributed by atoms with Gasteiger partial charge in [0.25, 0.3) is 0 Å². The smallest absolute Gasteiger partial charge is 0.0930 e. The summed E-state index contributed by atoms with van der Waals surface area (Å²) in [5, 5.41) is 1.80. The molecule has 0 N–H and O–H groups in total. The van der Waals surface area contributed by atoms with Gasteiger partial charge in [-0.2, -0.15) is 0 Å². The molecule has 0 aromatic rings. The fraction of sp³-hybridized carbons (Fsp3) is 0.923. The van der Waals surface area contributed by atoms with Gasteiger partial charge in [-0.1, -0.05) is 125 Å². The molecule has 28 heavy (non-hydrogen) atoms. The largest absolute Gasteiger partial charge is 0.101 e. The number of rotatable bonds is 2. The van der Waals surface area contributed by atoms with Crippen molar-refractivity contribution >= 4 is 16.1 Å². The molecular formula is C26H56Si2. The van der Waals surface area contributed by atoms with E-state index in [1.165, 1.54) is 0 Å². The van der Waals surface area contributed by atoms with Gasteiger partial charge in [-0.25, -0.2) is 0 Å². The molecule has 2 heteroatoms. The van der Waals surface area contributed by atoms with Crippen LogP contribution in [0, 0.1) is 0 Å². The first kappa shape index (κ1) is 28.2. The van der Waals surface area contributed by atoms with Crippen LogP contribution in [0.15, 0.2) is 11.4 Å². The van der Waals surface area contributed by atoms with Crippen LogP contribution in [0.5, 0.6) is 0 Å². The first-order chi connectivity index (χ1) is 11.7. The van der Waals surface area contributed by atoms with Gasteiger partial charge in [-0.05, 0) is 30.2 Å². The second-order valence-electron chi connectivity index (χ2n) is 15.4. The van der Waals surface area contributed by atoms with Crippen molar-refractivity contribution < 1.29 is 0 Å². The molecule has 0 aliphatic heterocycles. The molecule has 0 nitrogen and oxygen atoms in total. The summed E-state index contributed by atoms with van der Waals surface area (Å²) in [6.07, 6.45) is 0. The van der Waals surface area contributed by atoms with Crippen LogP contribution in [0.3, 0.4) is 0 Å². The highest BCUT2D eigenvalue weighted by molar-refractivity contribution is 6.96. The first-order valence-corrected chi connectivity index (χ1v) is 15.6. The van der Waals surface area contributed by atoms with Crippen molar-refractivity contribution in [2.75, 3.05) is 0 Å². The molecule has 0 bridgehead atoms. The van der Waals surface area contributed by atoms with Gasteiger partial charge in [0, 0.05) is 0 Å². The van der Waals surface area contributed by atoms with E-state index < -0.39 is 16.1 Å². The second-order valence-corrected chi connectivity index (χ2v) is 28.3. The summed E-state index contributed by atoms with van der Waals surface area (Å²) in [6.45, 7) is 45.2. The van der Waals surface area contributed by atoms with Crippen LogP contribution in [-0.4, -0.2) is 16.1 Å². The van der Waals surface area contributed by atoms with Crippen LogP contribution in [0.2, 0.25) is 30.2 Å². The lowest BCUT2D eigenvalue weighted by molar-refractivity contribution is 0.539. The SMILES string of the molecule is CC(C)(C)[Si](/C=C/[Si](C(C)(C)C)(C(C)(C)C)C(C)(C)C)(C(C)(C)C)C(C)(C)C. The molecule has 0 fully saturated rings. The molecule has 0 aromatic heterocycles. The fourth-order valence-corrected chi connectivity index (χ4v) is 27.0. The van der Waals surface area contributed by atoms with E-state index in [1.807, 2.05) is 0 Å². The third kappa shape index (κ3) is 4.43. The summed E-state index contributed by atoms with van der Waals surface area (Å²) in [7, 11) is -3.78. The molecule has 0 heterocycles. The van der Waals surface area contributed by atoms with Crippen LogP contribution in [0.1, 0.15) is 125 Å². The molecular weight excluding hydrogens is 368 g/mol. The third-order valence-electron chi connectivity index (χ3n) is 7.68. The van der Waals surface area contributed by atoms with Gasteiger partial charge < -0.3 is 0 Å². The van der Waals surface area contributed by atoms with E-state index in [2.05, 4.69) is 136 Å². The van der Waals surface area contributed by atoms with Crippen molar-refractivity contribution in [3.8, 4) is 0 Å². The molecule has 0 rings (SSSR count). The van der Waals surface area contributed by atoms with E-state index in [0.717, 1.165) is 0 Å². The average Bonchev–Trinajstić information content (AvgIpc) is 2.23. The van der Waals surface area contributed by atoms with E-state index in [0.29, 0.717) is 30.2 Å². The predicted molar refractivity (Wildman–Crippen MR) is 139 cm³/mol. The minimum atomic E-state index is -1.89. The van der Waals surface area contributed by atoms with Gasteiger partial charge >= 0.3 is 0 Å². The summed E-state index contributed by atoms with van der Waals surface area (Å²) in [5.74, 6) is 0. The molecule has 168 valence electrons. The molecule has 0 amide bonds. The highest BCUT2D eigenvalue weighted by atomic mass is 28.3. The van der Waals surface area contributed by atoms with E-state index in [4.69, 9.17) is 0 Å². The van der Waals surface area contributed by atoms with Crippen molar-refractivity contribution in [2.24, 2.45) is 0 Å². The van der Waals surface area contributed by atoms with Crippen molar-refractivity contribution in [1.82, 2.24) is 0 Å². The van der Waals surface area contributed by atoms with Crippen molar-refractivity contribution in [2.45, 2.75) is 155 Å². The summed E-state index contributed by atoms with van der Waals surface area (Å²) in [6, 6.07) is 0. The first-order valence-electron chi connectivity index (χ1n) is 11.4. The molecule has 0 aromatic carbocycles. The number of hydrogen-bond acceptors (Lipinski definition) is 0. The lowest BCUT2D eigenvalue weighted by Gasteiger charge is -2.61. The van der Waals surface area contributed by atoms with Crippen LogP contribution in [0.4, 0.5) is 0 Å². The molecule has 0 aliphatic carbocycles. The summed E-state index contributed by atoms with van der Waals surface area (Å²) >= 11 is 0. The Hall–Kier alpha value is 0.174. The maximum absolute atomic E-state index is 2.86. The normalized spacial score (nSPS) is 16.8. The fourth-order valence-electron chi connectivity index (χ4n) is 8.50. The Morgan fingerprint density at radius 2 is 0.393 bits per heavy atom. The Labute approximate surface area is 182 Å². The monoisotopic (exact) mass is 424 g/mol. The van der Waals surface area contributed by atoms with E-state index in [-0.39, 0.29) is 0 Å². The van der Waals surface area contributed by atoms with Crippen molar-refractivity contribution in [3.05, 3.63) is 11.4 Å². The zero-order chi connectivity index (χ0) is 23.4. The van der Waals surface area contributed by atoms with Crippen LogP contribution >= 0.6 is 0 Å². The van der Waals surface area contributed by atoms with Crippen molar-refractivity contribution in [1.29, 1.82) is 0 Å². The van der Waals surface area contributed by atoms with Gasteiger partial charge in [0.2, 0.25) is 0 Å². The van der Waals surface area contributed by atoms with Crippen molar-refractivity contribution in [3.63, 3.8) is 0 Å². The molecule has 0 radical (unpaired) electrons. The summed E-state index contributed by atoms with van der Waals surface area (Å²) in [5.41, 5.74) is 5.72. The minimum Gasteiger partial charge on any atom is -0.101 e. The summed E-state index contributed by atoms with van der Waals surface area (Å²) < 4.78 is 0. The number of hydrogen-bond donors (Lipinski definition) is 0. The zero-order valence-electron chi connectivity index (χ0n) is 23.2. The molecule has 0 saturated heterocycles. The lowest BCUT2D eigenvalue weighted by Crippen LogP contribution is -2.60. The highest BCUT2D eigenvalue weighted by Crippen LogP contribution is 2.66. The second kappa shape index (κ2) is 7.39. The Kier molecular flexibility index (Phi) is 7.44. The maximum atomic E-state index is 2.86. The average molecular weight is 425 g/mol. The van der Waals surface area contributed by atoms with Gasteiger partial charge in [-0.15, -0.1) is 11.4 Å². The standard InChI is InChI=1S/C26H56Si2/c1-21(2,3)27(22(4,5)6,23(7,8)9)19-20-28(24(10,11)12,25(13,14)15)26(16,17)18/h19-20H,1-18H3/b20-19+. The summed E-state index contributed by atoms with van der Waals surface area (Å²) in [4.78, 5) is 0. The van der Waals surface area contributed by atoms with E-state index in [9.17, 15) is 0 Å². The Morgan fingerprint density at radius 1 is 0.286 bits per heavy atom. The molecule has 0 aliphatic rings. The highest BCUT2D eigenvalue weighted by Gasteiger charge is 2.61. The van der Waals surface area contributed by atoms with Gasteiger partial charge in [0.05, 0.1) is 16.1 Å². The lowest BCUT2D eigenvalue weighted by atomic mass is 10.2. The Morgan fingerprint density at radius 3 is 0.464 bits per heavy atom. The molecule has 0 unspecified atom stereocenters. The van der Waals surface area contributed by atoms with Crippen LogP contribution in [0.25, 0.3) is 0 Å². The van der Waals surface area contributed by atoms with Gasteiger partial charge in [-0.3, -0.25) is 0 Å². The van der Waals surface area contributed by atoms with Crippen LogP contribution in [-0.2, 0) is 0 Å². The van der Waals surface area contributed by atoms with Gasteiger partial charge in [0.15, 0.2) is 0 Å². The Bertz CT molecular complexity index is 428. The minimum absolute atomic E-state index is 0.299. The Balaban J connectivity index is 7.39. The van der Waals surface area contributed by atoms with E-state index >= 15 is 0 Å². The van der Waals surface area contributed by atoms with Gasteiger partial charge in [0.1, 0.15) is 0 Å². The quantitative estimate of drug-likeness (QED) is 0.386. The predicted octanol–water partition coefficient (Wildman–Crippen LogP) is 10.3. The zero-order valence-corrected chi connectivity index (χ0v) is 25.2. The van der Waals surface area contributed by atoms with Crippen LogP contribution < -0.4 is 0 Å². The molecule has 0 spiro atoms. The molecule has 0 saturated carbocycles. The topological polar surface area (TPSA) is 0 Å².